The van der Waals surface area contributed by atoms with Gasteiger partial charge in [0.05, 0.1) is 17.5 Å². The van der Waals surface area contributed by atoms with E-state index in [9.17, 15) is 9.18 Å². The van der Waals surface area contributed by atoms with Gasteiger partial charge in [-0.25, -0.2) is 18.7 Å². The molecule has 0 aliphatic carbocycles. The van der Waals surface area contributed by atoms with E-state index >= 15 is 0 Å². The van der Waals surface area contributed by atoms with Crippen LogP contribution in [0.5, 0.6) is 0 Å². The molecule has 5 nitrogen and oxygen atoms in total. The van der Waals surface area contributed by atoms with Gasteiger partial charge in [-0.15, -0.1) is 11.3 Å². The zero-order valence-electron chi connectivity index (χ0n) is 15.0. The van der Waals surface area contributed by atoms with Gasteiger partial charge < -0.3 is 10.1 Å². The van der Waals surface area contributed by atoms with Gasteiger partial charge in [0, 0.05) is 20.6 Å². The molecule has 0 bridgehead atoms. The van der Waals surface area contributed by atoms with Crippen LogP contribution in [0, 0.1) is 9.39 Å². The van der Waals surface area contributed by atoms with Crippen LogP contribution in [0.4, 0.5) is 9.18 Å². The fourth-order valence-electron chi connectivity index (χ4n) is 3.58. The summed E-state index contributed by atoms with van der Waals surface area (Å²) in [6.07, 6.45) is 2.56. The summed E-state index contributed by atoms with van der Waals surface area (Å²) in [4.78, 5) is 19.4. The number of benzene rings is 1. The van der Waals surface area contributed by atoms with Crippen LogP contribution in [0.2, 0.25) is 0 Å². The van der Waals surface area contributed by atoms with Crippen LogP contribution in [-0.4, -0.2) is 29.3 Å². The van der Waals surface area contributed by atoms with Gasteiger partial charge in [0.25, 0.3) is 0 Å². The van der Waals surface area contributed by atoms with Gasteiger partial charge in [-0.3, -0.25) is 0 Å². The van der Waals surface area contributed by atoms with E-state index in [-0.39, 0.29) is 0 Å². The second-order valence-corrected chi connectivity index (χ2v) is 8.79. The van der Waals surface area contributed by atoms with E-state index in [0.29, 0.717) is 26.5 Å². The first-order valence-corrected chi connectivity index (χ1v) is 10.7. The van der Waals surface area contributed by atoms with E-state index in [2.05, 4.69) is 23.3 Å². The molecule has 1 aliphatic rings. The number of fused-ring (bicyclic) bond motifs is 2. The Labute approximate surface area is 174 Å². The summed E-state index contributed by atoms with van der Waals surface area (Å²) >= 11 is 3.70. The summed E-state index contributed by atoms with van der Waals surface area (Å²) < 4.78 is 21.0. The van der Waals surface area contributed by atoms with Gasteiger partial charge >= 0.3 is 6.09 Å². The fraction of sp³-hybridized carbons (Fsp3) is 0.368. The lowest BCUT2D eigenvalue weighted by Gasteiger charge is -2.23. The van der Waals surface area contributed by atoms with Crippen LogP contribution in [0.1, 0.15) is 36.2 Å². The number of nitrogens with zero attached hydrogens (tertiary/aromatic N) is 2. The van der Waals surface area contributed by atoms with Crippen LogP contribution in [0.25, 0.3) is 21.7 Å². The third-order valence-corrected chi connectivity index (χ3v) is 6.89. The fourth-order valence-corrected chi connectivity index (χ4v) is 5.58. The largest absolute Gasteiger partial charge is 0.452 e. The molecule has 0 saturated carbocycles. The lowest BCUT2D eigenvalue weighted by molar-refractivity contribution is 0.174. The Kier molecular flexibility index (Phi) is 5.21. The lowest BCUT2D eigenvalue weighted by atomic mass is 10.0. The topological polar surface area (TPSA) is 56.2 Å². The summed E-state index contributed by atoms with van der Waals surface area (Å²) in [6.45, 7) is 3.13. The normalized spacial score (nSPS) is 16.5. The number of rotatable bonds is 3. The summed E-state index contributed by atoms with van der Waals surface area (Å²) in [5.74, 6) is 0.108. The van der Waals surface area contributed by atoms with Crippen molar-refractivity contribution in [1.82, 2.24) is 14.9 Å². The summed E-state index contributed by atoms with van der Waals surface area (Å²) in [6, 6.07) is 5.21. The predicted molar refractivity (Wildman–Crippen MR) is 113 cm³/mol. The summed E-state index contributed by atoms with van der Waals surface area (Å²) in [5, 5.41) is 3.57. The number of hydrogen-bond acceptors (Lipinski definition) is 5. The van der Waals surface area contributed by atoms with Crippen LogP contribution in [0.15, 0.2) is 18.2 Å². The van der Waals surface area contributed by atoms with Gasteiger partial charge in [-0.2, -0.15) is 0 Å². The summed E-state index contributed by atoms with van der Waals surface area (Å²) in [5.41, 5.74) is 2.33. The highest BCUT2D eigenvalue weighted by Gasteiger charge is 2.27. The first-order valence-electron chi connectivity index (χ1n) is 8.85. The van der Waals surface area contributed by atoms with Gasteiger partial charge in [0.2, 0.25) is 0 Å². The molecule has 1 N–H and O–H groups in total. The van der Waals surface area contributed by atoms with Crippen molar-refractivity contribution in [3.63, 3.8) is 0 Å². The Hall–Kier alpha value is -1.52. The second kappa shape index (κ2) is 7.48. The molecule has 3 heterocycles. The molecule has 0 spiro atoms. The number of ether oxygens (including phenoxy) is 1. The van der Waals surface area contributed by atoms with Crippen LogP contribution >= 0.6 is 33.9 Å². The minimum atomic E-state index is -0.566. The average Bonchev–Trinajstić information content (AvgIpc) is 3.23. The third kappa shape index (κ3) is 3.27. The van der Waals surface area contributed by atoms with Gasteiger partial charge in [0.15, 0.2) is 5.82 Å². The smallest absolute Gasteiger partial charge is 0.420 e. The highest BCUT2D eigenvalue weighted by molar-refractivity contribution is 14.1. The minimum absolute atomic E-state index is 0.339. The average molecular weight is 499 g/mol. The van der Waals surface area contributed by atoms with E-state index in [0.717, 1.165) is 30.7 Å². The molecule has 0 amide bonds. The number of carbonyl (C=O) groups excluding carboxylic acids is 1. The minimum Gasteiger partial charge on any atom is -0.452 e. The number of nitrogens with one attached hydrogen (secondary N) is 1. The maximum absolute atomic E-state index is 14.0. The van der Waals surface area contributed by atoms with Crippen molar-refractivity contribution in [1.29, 1.82) is 0 Å². The molecule has 1 unspecified atom stereocenters. The first kappa shape index (κ1) is 18.8. The van der Waals surface area contributed by atoms with Crippen molar-refractivity contribution in [2.24, 2.45) is 0 Å². The molecular weight excluding hydrogens is 480 g/mol. The number of carbonyl (C=O) groups is 1. The summed E-state index contributed by atoms with van der Waals surface area (Å²) in [7, 11) is 1.32. The molecular formula is C19H19FIN3O2S. The van der Waals surface area contributed by atoms with Crippen molar-refractivity contribution in [2.75, 3.05) is 13.7 Å². The molecule has 1 aromatic carbocycles. The number of aromatic nitrogens is 2. The molecule has 1 atom stereocenters. The van der Waals surface area contributed by atoms with Crippen LogP contribution in [0.3, 0.4) is 0 Å². The number of halogens is 2. The van der Waals surface area contributed by atoms with Crippen LogP contribution < -0.4 is 5.32 Å². The van der Waals surface area contributed by atoms with E-state index in [1.165, 1.54) is 34.3 Å². The number of methoxy groups -OCH3 is 1. The zero-order chi connectivity index (χ0) is 19.1. The Morgan fingerprint density at radius 3 is 3.04 bits per heavy atom. The van der Waals surface area contributed by atoms with Gasteiger partial charge in [-0.05, 0) is 59.7 Å². The molecule has 27 heavy (non-hydrogen) atoms. The molecule has 0 saturated heterocycles. The molecule has 1 aliphatic heterocycles. The predicted octanol–water partition coefficient (Wildman–Crippen LogP) is 5.11. The Morgan fingerprint density at radius 1 is 1.48 bits per heavy atom. The Balaban J connectivity index is 1.92. The van der Waals surface area contributed by atoms with Gasteiger partial charge in [-0.1, -0.05) is 13.3 Å². The van der Waals surface area contributed by atoms with Gasteiger partial charge in [0.1, 0.15) is 11.3 Å². The highest BCUT2D eigenvalue weighted by Crippen LogP contribution is 2.39. The first-order chi connectivity index (χ1) is 13.0. The lowest BCUT2D eigenvalue weighted by Crippen LogP contribution is -2.28. The maximum Gasteiger partial charge on any atom is 0.420 e. The standard InChI is InChI=1S/C19H19FIN3O2S/c1-3-4-13-17-10(5-6-22-13)7-15(27-17)18-23-16-12(21)8-11(20)9-14(16)24(18)19(25)26-2/h7-9,13,22H,3-6H2,1-2H3. The number of imidazole rings is 1. The molecule has 142 valence electrons. The molecule has 2 aromatic heterocycles. The zero-order valence-corrected chi connectivity index (χ0v) is 18.0. The van der Waals surface area contributed by atoms with E-state index < -0.39 is 11.9 Å². The van der Waals surface area contributed by atoms with Crippen molar-refractivity contribution in [2.45, 2.75) is 32.2 Å². The maximum atomic E-state index is 14.0. The third-order valence-electron chi connectivity index (χ3n) is 4.78. The Morgan fingerprint density at radius 2 is 2.30 bits per heavy atom. The highest BCUT2D eigenvalue weighted by atomic mass is 127. The van der Waals surface area contributed by atoms with Crippen molar-refractivity contribution < 1.29 is 13.9 Å². The van der Waals surface area contributed by atoms with Crippen molar-refractivity contribution in [3.8, 4) is 10.7 Å². The molecule has 3 aromatic rings. The second-order valence-electron chi connectivity index (χ2n) is 6.54. The van der Waals surface area contributed by atoms with E-state index in [1.54, 1.807) is 11.3 Å². The van der Waals surface area contributed by atoms with E-state index in [4.69, 9.17) is 4.74 Å². The number of hydrogen-bond donors (Lipinski definition) is 1. The molecule has 0 radical (unpaired) electrons. The Bertz CT molecular complexity index is 1030. The van der Waals surface area contributed by atoms with E-state index in [1.807, 2.05) is 22.6 Å². The van der Waals surface area contributed by atoms with Crippen molar-refractivity contribution in [3.05, 3.63) is 38.0 Å². The monoisotopic (exact) mass is 499 g/mol. The molecule has 4 rings (SSSR count). The molecule has 8 heteroatoms. The molecule has 0 fully saturated rings. The van der Waals surface area contributed by atoms with Crippen LogP contribution in [-0.2, 0) is 11.2 Å². The SMILES string of the molecule is CCCC1NCCc2cc(-c3nc4c(I)cc(F)cc4n3C(=O)OC)sc21. The quantitative estimate of drug-likeness (QED) is 0.509. The number of thiophene rings is 1. The van der Waals surface area contributed by atoms with Crippen molar-refractivity contribution >= 4 is 51.1 Å².